The van der Waals surface area contributed by atoms with Crippen molar-refractivity contribution in [1.29, 1.82) is 0 Å². The van der Waals surface area contributed by atoms with Gasteiger partial charge in [0.1, 0.15) is 0 Å². The lowest BCUT2D eigenvalue weighted by Crippen LogP contribution is -2.21. The van der Waals surface area contributed by atoms with Crippen molar-refractivity contribution in [1.82, 2.24) is 0 Å². The highest BCUT2D eigenvalue weighted by atomic mass is 19.4. The van der Waals surface area contributed by atoms with E-state index in [1.807, 2.05) is 0 Å². The number of aryl methyl sites for hydroxylation is 1. The maximum atomic E-state index is 10.6. The quantitative estimate of drug-likeness (QED) is 0.801. The minimum Gasteiger partial charge on any atom is -0.475 e. The van der Waals surface area contributed by atoms with Gasteiger partial charge in [0.05, 0.1) is 0 Å². The van der Waals surface area contributed by atoms with Crippen LogP contribution in [0.25, 0.3) is 0 Å². The SMILES string of the molecule is NCCCc1cccc(C#CC2CCCCC2)c1.O=C(O)C(F)(F)F. The van der Waals surface area contributed by atoms with Gasteiger partial charge in [-0.2, -0.15) is 13.2 Å². The molecule has 3 nitrogen and oxygen atoms in total. The molecule has 0 saturated heterocycles. The normalized spacial score (nSPS) is 14.7. The van der Waals surface area contributed by atoms with Crippen LogP contribution < -0.4 is 5.73 Å². The molecule has 1 aromatic carbocycles. The number of carboxylic acid groups (broad SMARTS) is 1. The van der Waals surface area contributed by atoms with Crippen molar-refractivity contribution in [2.75, 3.05) is 6.54 Å². The van der Waals surface area contributed by atoms with E-state index in [0.717, 1.165) is 24.9 Å². The number of hydrogen-bond donors (Lipinski definition) is 2. The van der Waals surface area contributed by atoms with Gasteiger partial charge >= 0.3 is 12.1 Å². The summed E-state index contributed by atoms with van der Waals surface area (Å²) in [5.74, 6) is 4.67. The van der Waals surface area contributed by atoms with E-state index in [1.165, 1.54) is 37.7 Å². The topological polar surface area (TPSA) is 63.3 Å². The van der Waals surface area contributed by atoms with E-state index in [4.69, 9.17) is 15.6 Å². The van der Waals surface area contributed by atoms with E-state index in [1.54, 1.807) is 0 Å². The summed E-state index contributed by atoms with van der Waals surface area (Å²) in [4.78, 5) is 8.90. The van der Waals surface area contributed by atoms with E-state index in [-0.39, 0.29) is 0 Å². The summed E-state index contributed by atoms with van der Waals surface area (Å²) in [5, 5.41) is 7.12. The number of hydrogen-bond acceptors (Lipinski definition) is 2. The van der Waals surface area contributed by atoms with Gasteiger partial charge in [0.15, 0.2) is 0 Å². The summed E-state index contributed by atoms with van der Waals surface area (Å²) < 4.78 is 31.7. The molecule has 0 heterocycles. The lowest BCUT2D eigenvalue weighted by atomic mass is 9.89. The first-order valence-corrected chi connectivity index (χ1v) is 8.43. The van der Waals surface area contributed by atoms with Crippen molar-refractivity contribution in [3.05, 3.63) is 35.4 Å². The second kappa shape index (κ2) is 10.8. The molecule has 0 unspecified atom stereocenters. The van der Waals surface area contributed by atoms with E-state index in [0.29, 0.717) is 5.92 Å². The van der Waals surface area contributed by atoms with Crippen LogP contribution in [0.15, 0.2) is 24.3 Å². The first-order chi connectivity index (χ1) is 11.8. The monoisotopic (exact) mass is 355 g/mol. The molecule has 6 heteroatoms. The van der Waals surface area contributed by atoms with Gasteiger partial charge in [-0.15, -0.1) is 0 Å². The molecule has 0 spiro atoms. The fourth-order valence-electron chi connectivity index (χ4n) is 2.54. The van der Waals surface area contributed by atoms with Crippen LogP contribution in [-0.2, 0) is 11.2 Å². The summed E-state index contributed by atoms with van der Waals surface area (Å²) >= 11 is 0. The van der Waals surface area contributed by atoms with E-state index in [9.17, 15) is 13.2 Å². The van der Waals surface area contributed by atoms with Crippen molar-refractivity contribution in [2.45, 2.75) is 51.1 Å². The van der Waals surface area contributed by atoms with E-state index in [2.05, 4.69) is 36.1 Å². The Morgan fingerprint density at radius 2 is 1.88 bits per heavy atom. The lowest BCUT2D eigenvalue weighted by Gasteiger charge is -2.15. The van der Waals surface area contributed by atoms with Crippen LogP contribution in [-0.4, -0.2) is 23.8 Å². The number of carboxylic acids is 1. The zero-order valence-corrected chi connectivity index (χ0v) is 14.1. The van der Waals surface area contributed by atoms with Crippen LogP contribution in [0.5, 0.6) is 0 Å². The molecule has 1 saturated carbocycles. The average molecular weight is 355 g/mol. The van der Waals surface area contributed by atoms with Crippen LogP contribution >= 0.6 is 0 Å². The van der Waals surface area contributed by atoms with Gasteiger partial charge in [-0.3, -0.25) is 0 Å². The number of halogens is 3. The second-order valence-electron chi connectivity index (χ2n) is 6.00. The van der Waals surface area contributed by atoms with Crippen LogP contribution in [0.3, 0.4) is 0 Å². The number of rotatable bonds is 3. The number of benzene rings is 1. The molecule has 1 aliphatic rings. The summed E-state index contributed by atoms with van der Waals surface area (Å²) in [5.41, 5.74) is 8.06. The summed E-state index contributed by atoms with van der Waals surface area (Å²) in [6.45, 7) is 0.762. The third-order valence-electron chi connectivity index (χ3n) is 3.86. The zero-order valence-electron chi connectivity index (χ0n) is 14.1. The predicted octanol–water partition coefficient (Wildman–Crippen LogP) is 4.14. The first-order valence-electron chi connectivity index (χ1n) is 8.43. The number of alkyl halides is 3. The summed E-state index contributed by atoms with van der Waals surface area (Å²) in [6, 6.07) is 8.60. The summed E-state index contributed by atoms with van der Waals surface area (Å²) in [6.07, 6.45) is 3.73. The van der Waals surface area contributed by atoms with Crippen LogP contribution in [0, 0.1) is 17.8 Å². The van der Waals surface area contributed by atoms with Gasteiger partial charge in [-0.25, -0.2) is 4.79 Å². The van der Waals surface area contributed by atoms with E-state index >= 15 is 0 Å². The fraction of sp³-hybridized carbons (Fsp3) is 0.526. The third-order valence-corrected chi connectivity index (χ3v) is 3.86. The minimum atomic E-state index is -5.08. The zero-order chi connectivity index (χ0) is 18.7. The Labute approximate surface area is 146 Å². The molecule has 0 aromatic heterocycles. The first kappa shape index (κ1) is 21.0. The minimum absolute atomic E-state index is 0.631. The average Bonchev–Trinajstić information content (AvgIpc) is 2.59. The molecule has 0 amide bonds. The van der Waals surface area contributed by atoms with Crippen molar-refractivity contribution in [3.8, 4) is 11.8 Å². The molecule has 1 aliphatic carbocycles. The Morgan fingerprint density at radius 1 is 1.24 bits per heavy atom. The Kier molecular flexibility index (Phi) is 9.07. The standard InChI is InChI=1S/C17H23N.C2HF3O2/c18-13-5-10-16-8-4-9-17(14-16)12-11-15-6-2-1-3-7-15;3-2(4,5)1(6)7/h4,8-9,14-15H,1-3,5-7,10,13,18H2;(H,6,7). The van der Waals surface area contributed by atoms with Gasteiger partial charge in [0, 0.05) is 11.5 Å². The van der Waals surface area contributed by atoms with Crippen LogP contribution in [0.4, 0.5) is 13.2 Å². The van der Waals surface area contributed by atoms with Crippen molar-refractivity contribution >= 4 is 5.97 Å². The van der Waals surface area contributed by atoms with Gasteiger partial charge in [-0.05, 0) is 49.9 Å². The maximum Gasteiger partial charge on any atom is 0.490 e. The highest BCUT2D eigenvalue weighted by Gasteiger charge is 2.38. The van der Waals surface area contributed by atoms with E-state index < -0.39 is 12.1 Å². The molecule has 2 rings (SSSR count). The third kappa shape index (κ3) is 9.16. The van der Waals surface area contributed by atoms with Gasteiger partial charge < -0.3 is 10.8 Å². The Balaban J connectivity index is 0.000000381. The van der Waals surface area contributed by atoms with Crippen molar-refractivity contribution in [2.24, 2.45) is 11.7 Å². The Hall–Kier alpha value is -2.00. The molecule has 0 radical (unpaired) electrons. The number of aliphatic carboxylic acids is 1. The fourth-order valence-corrected chi connectivity index (χ4v) is 2.54. The molecule has 0 bridgehead atoms. The molecule has 0 aliphatic heterocycles. The highest BCUT2D eigenvalue weighted by molar-refractivity contribution is 5.73. The largest absolute Gasteiger partial charge is 0.490 e. The van der Waals surface area contributed by atoms with Crippen molar-refractivity contribution < 1.29 is 23.1 Å². The van der Waals surface area contributed by atoms with Gasteiger partial charge in [0.25, 0.3) is 0 Å². The number of carbonyl (C=O) groups is 1. The predicted molar refractivity (Wildman–Crippen MR) is 91.0 cm³/mol. The molecule has 138 valence electrons. The highest BCUT2D eigenvalue weighted by Crippen LogP contribution is 2.22. The Morgan fingerprint density at radius 3 is 2.44 bits per heavy atom. The number of nitrogens with two attached hydrogens (primary N) is 1. The molecule has 3 N–H and O–H groups in total. The second-order valence-corrected chi connectivity index (χ2v) is 6.00. The molecule has 1 fully saturated rings. The molecule has 0 atom stereocenters. The van der Waals surface area contributed by atoms with Gasteiger partial charge in [0.2, 0.25) is 0 Å². The smallest absolute Gasteiger partial charge is 0.475 e. The van der Waals surface area contributed by atoms with Crippen LogP contribution in [0.2, 0.25) is 0 Å². The molecule has 25 heavy (non-hydrogen) atoms. The maximum absolute atomic E-state index is 10.6. The van der Waals surface area contributed by atoms with Crippen molar-refractivity contribution in [3.63, 3.8) is 0 Å². The Bertz CT molecular complexity index is 597. The van der Waals surface area contributed by atoms with Gasteiger partial charge in [-0.1, -0.05) is 43.2 Å². The molecule has 1 aromatic rings. The lowest BCUT2D eigenvalue weighted by molar-refractivity contribution is -0.192. The van der Waals surface area contributed by atoms with Crippen LogP contribution in [0.1, 0.15) is 49.7 Å². The summed E-state index contributed by atoms with van der Waals surface area (Å²) in [7, 11) is 0. The molecular weight excluding hydrogens is 331 g/mol. The molecular formula is C19H24F3NO2.